The molecule has 0 radical (unpaired) electrons. The van der Waals surface area contributed by atoms with E-state index in [1.165, 1.54) is 6.08 Å². The summed E-state index contributed by atoms with van der Waals surface area (Å²) >= 11 is 0. The molecular weight excluding hydrogens is 376 g/mol. The number of furan rings is 1. The first-order valence-electron chi connectivity index (χ1n) is 9.53. The van der Waals surface area contributed by atoms with Gasteiger partial charge in [-0.3, -0.25) is 4.79 Å². The molecule has 0 saturated carbocycles. The molecule has 4 aromatic rings. The van der Waals surface area contributed by atoms with Crippen molar-refractivity contribution in [1.82, 2.24) is 4.98 Å². The molecular formula is C25H20N2O3. The number of ether oxygens (including phenoxy) is 1. The normalized spacial score (nSPS) is 11.0. The number of carbonyl (C=O) groups excluding carboxylic acids is 1. The summed E-state index contributed by atoms with van der Waals surface area (Å²) in [5.74, 6) is 0.810. The smallest absolute Gasteiger partial charge is 0.248 e. The van der Waals surface area contributed by atoms with Gasteiger partial charge in [-0.05, 0) is 35.4 Å². The van der Waals surface area contributed by atoms with E-state index in [0.29, 0.717) is 17.3 Å². The summed E-state index contributed by atoms with van der Waals surface area (Å²) in [6.07, 6.45) is 5.85. The van der Waals surface area contributed by atoms with Crippen molar-refractivity contribution in [2.75, 3.05) is 5.32 Å². The van der Waals surface area contributed by atoms with Crippen LogP contribution in [0, 0.1) is 0 Å². The van der Waals surface area contributed by atoms with Crippen LogP contribution in [0.4, 0.5) is 5.69 Å². The Kier molecular flexibility index (Phi) is 6.01. The molecule has 0 atom stereocenters. The van der Waals surface area contributed by atoms with Crippen molar-refractivity contribution in [2.24, 2.45) is 0 Å². The predicted octanol–water partition coefficient (Wildman–Crippen LogP) is 5.49. The standard InChI is InChI=1S/C25H20N2O3/c28-23(15-14-22-12-7-17-29-22)27-21-13-16-24(26-18-21)30-25(19-8-3-1-4-9-19)20-10-5-2-6-11-20/h1-18,25H,(H,27,28)/b15-14+. The number of pyridine rings is 1. The van der Waals surface area contributed by atoms with Crippen LogP contribution >= 0.6 is 0 Å². The maximum atomic E-state index is 12.0. The Bertz CT molecular complexity index is 1050. The first-order chi connectivity index (χ1) is 14.8. The van der Waals surface area contributed by atoms with Crippen LogP contribution in [0.5, 0.6) is 5.88 Å². The summed E-state index contributed by atoms with van der Waals surface area (Å²) in [5.41, 5.74) is 2.64. The maximum absolute atomic E-state index is 12.0. The van der Waals surface area contributed by atoms with Crippen LogP contribution in [0.25, 0.3) is 6.08 Å². The van der Waals surface area contributed by atoms with Gasteiger partial charge in [-0.15, -0.1) is 0 Å². The zero-order valence-corrected chi connectivity index (χ0v) is 16.1. The van der Waals surface area contributed by atoms with Gasteiger partial charge in [0.25, 0.3) is 0 Å². The van der Waals surface area contributed by atoms with Crippen molar-refractivity contribution in [3.63, 3.8) is 0 Å². The minimum absolute atomic E-state index is 0.270. The molecule has 5 heteroatoms. The van der Waals surface area contributed by atoms with Crippen LogP contribution in [0.15, 0.2) is 108 Å². The zero-order valence-electron chi connectivity index (χ0n) is 16.1. The van der Waals surface area contributed by atoms with Crippen molar-refractivity contribution < 1.29 is 13.9 Å². The second-order valence-corrected chi connectivity index (χ2v) is 6.54. The van der Waals surface area contributed by atoms with E-state index in [9.17, 15) is 4.79 Å². The van der Waals surface area contributed by atoms with Crippen LogP contribution in [-0.2, 0) is 4.79 Å². The summed E-state index contributed by atoms with van der Waals surface area (Å²) in [4.78, 5) is 16.4. The highest BCUT2D eigenvalue weighted by Crippen LogP contribution is 2.27. The van der Waals surface area contributed by atoms with Crippen molar-refractivity contribution in [2.45, 2.75) is 6.10 Å². The van der Waals surface area contributed by atoms with E-state index in [0.717, 1.165) is 11.1 Å². The average Bonchev–Trinajstić information content (AvgIpc) is 3.32. The van der Waals surface area contributed by atoms with E-state index >= 15 is 0 Å². The number of hydrogen-bond donors (Lipinski definition) is 1. The molecule has 2 aromatic heterocycles. The van der Waals surface area contributed by atoms with Crippen LogP contribution < -0.4 is 10.1 Å². The van der Waals surface area contributed by atoms with Gasteiger partial charge in [-0.2, -0.15) is 0 Å². The van der Waals surface area contributed by atoms with E-state index in [4.69, 9.17) is 9.15 Å². The molecule has 4 rings (SSSR count). The third-order valence-corrected chi connectivity index (χ3v) is 4.39. The minimum atomic E-state index is -0.281. The van der Waals surface area contributed by atoms with E-state index in [2.05, 4.69) is 10.3 Å². The summed E-state index contributed by atoms with van der Waals surface area (Å²) in [5, 5.41) is 2.76. The summed E-state index contributed by atoms with van der Waals surface area (Å²) in [6.45, 7) is 0. The monoisotopic (exact) mass is 396 g/mol. The van der Waals surface area contributed by atoms with Gasteiger partial charge in [-0.1, -0.05) is 60.7 Å². The fraction of sp³-hybridized carbons (Fsp3) is 0.0400. The molecule has 0 fully saturated rings. The number of benzene rings is 2. The Hall–Kier alpha value is -4.12. The molecule has 0 spiro atoms. The van der Waals surface area contributed by atoms with Gasteiger partial charge in [0.05, 0.1) is 18.1 Å². The molecule has 0 aliphatic heterocycles. The van der Waals surface area contributed by atoms with Gasteiger partial charge in [0, 0.05) is 12.1 Å². The Morgan fingerprint density at radius 2 is 1.60 bits per heavy atom. The molecule has 2 heterocycles. The van der Waals surface area contributed by atoms with Crippen LogP contribution in [-0.4, -0.2) is 10.9 Å². The second-order valence-electron chi connectivity index (χ2n) is 6.54. The number of aromatic nitrogens is 1. The van der Waals surface area contributed by atoms with Crippen molar-refractivity contribution in [3.8, 4) is 5.88 Å². The number of hydrogen-bond acceptors (Lipinski definition) is 4. The third kappa shape index (κ3) is 5.02. The molecule has 30 heavy (non-hydrogen) atoms. The molecule has 0 unspecified atom stereocenters. The van der Waals surface area contributed by atoms with Gasteiger partial charge < -0.3 is 14.5 Å². The lowest BCUT2D eigenvalue weighted by atomic mass is 10.0. The quantitative estimate of drug-likeness (QED) is 0.419. The Labute approximate surface area is 174 Å². The largest absolute Gasteiger partial charge is 0.465 e. The topological polar surface area (TPSA) is 64.4 Å². The van der Waals surface area contributed by atoms with Crippen molar-refractivity contribution in [1.29, 1.82) is 0 Å². The molecule has 1 amide bonds. The third-order valence-electron chi connectivity index (χ3n) is 4.39. The lowest BCUT2D eigenvalue weighted by molar-refractivity contribution is -0.111. The van der Waals surface area contributed by atoms with Crippen molar-refractivity contribution >= 4 is 17.7 Å². The molecule has 0 saturated heterocycles. The Morgan fingerprint density at radius 3 is 2.17 bits per heavy atom. The highest BCUT2D eigenvalue weighted by molar-refractivity contribution is 6.01. The van der Waals surface area contributed by atoms with Gasteiger partial charge in [-0.25, -0.2) is 4.98 Å². The summed E-state index contributed by atoms with van der Waals surface area (Å²) < 4.78 is 11.4. The molecule has 0 aliphatic rings. The number of carbonyl (C=O) groups is 1. The highest BCUT2D eigenvalue weighted by Gasteiger charge is 2.16. The molecule has 5 nitrogen and oxygen atoms in total. The molecule has 1 N–H and O–H groups in total. The first kappa shape index (κ1) is 19.2. The molecule has 0 bridgehead atoms. The lowest BCUT2D eigenvalue weighted by Gasteiger charge is -2.19. The summed E-state index contributed by atoms with van der Waals surface area (Å²) in [7, 11) is 0. The number of amides is 1. The first-order valence-corrected chi connectivity index (χ1v) is 9.53. The predicted molar refractivity (Wildman–Crippen MR) is 116 cm³/mol. The van der Waals surface area contributed by atoms with Gasteiger partial charge in [0.1, 0.15) is 5.76 Å². The van der Waals surface area contributed by atoms with Gasteiger partial charge in [0.2, 0.25) is 11.8 Å². The van der Waals surface area contributed by atoms with Crippen LogP contribution in [0.3, 0.4) is 0 Å². The number of nitrogens with one attached hydrogen (secondary N) is 1. The second kappa shape index (κ2) is 9.39. The molecule has 2 aromatic carbocycles. The fourth-order valence-corrected chi connectivity index (χ4v) is 2.96. The SMILES string of the molecule is O=C(/C=C/c1ccco1)Nc1ccc(OC(c2ccccc2)c2ccccc2)nc1. The van der Waals surface area contributed by atoms with E-state index in [1.807, 2.05) is 60.7 Å². The van der Waals surface area contributed by atoms with Crippen molar-refractivity contribution in [3.05, 3.63) is 120 Å². The number of anilines is 1. The lowest BCUT2D eigenvalue weighted by Crippen LogP contribution is -2.11. The minimum Gasteiger partial charge on any atom is -0.465 e. The Morgan fingerprint density at radius 1 is 0.900 bits per heavy atom. The van der Waals surface area contributed by atoms with E-state index in [-0.39, 0.29) is 12.0 Å². The Balaban J connectivity index is 1.45. The van der Waals surface area contributed by atoms with Gasteiger partial charge in [0.15, 0.2) is 6.10 Å². The van der Waals surface area contributed by atoms with Crippen LogP contribution in [0.2, 0.25) is 0 Å². The highest BCUT2D eigenvalue weighted by atomic mass is 16.5. The van der Waals surface area contributed by atoms with Crippen LogP contribution in [0.1, 0.15) is 23.0 Å². The molecule has 148 valence electrons. The fourth-order valence-electron chi connectivity index (χ4n) is 2.96. The van der Waals surface area contributed by atoms with E-state index in [1.54, 1.807) is 42.8 Å². The van der Waals surface area contributed by atoms with Gasteiger partial charge >= 0.3 is 0 Å². The molecule has 0 aliphatic carbocycles. The number of nitrogens with zero attached hydrogens (tertiary/aromatic N) is 1. The zero-order chi connectivity index (χ0) is 20.6. The average molecular weight is 396 g/mol. The maximum Gasteiger partial charge on any atom is 0.248 e. The van der Waals surface area contributed by atoms with E-state index < -0.39 is 0 Å². The number of rotatable bonds is 7. The summed E-state index contributed by atoms with van der Waals surface area (Å²) in [6, 6.07) is 27.0.